The minimum absolute atomic E-state index is 0.211. The number of hydrogen-bond donors (Lipinski definition) is 1. The Morgan fingerprint density at radius 2 is 1.45 bits per heavy atom. The van der Waals surface area contributed by atoms with Gasteiger partial charge < -0.3 is 19.5 Å². The van der Waals surface area contributed by atoms with Crippen LogP contribution in [0.5, 0.6) is 0 Å². The van der Waals surface area contributed by atoms with Crippen LogP contribution in [0.15, 0.2) is 24.3 Å². The molecule has 0 amide bonds. The van der Waals surface area contributed by atoms with Gasteiger partial charge in [0.25, 0.3) is 0 Å². The number of ether oxygens (including phenoxy) is 2. The quantitative estimate of drug-likeness (QED) is 0.681. The molecule has 0 bridgehead atoms. The highest BCUT2D eigenvalue weighted by Crippen LogP contribution is 2.30. The van der Waals surface area contributed by atoms with Crippen LogP contribution in [0.4, 0.5) is 0 Å². The molecule has 33 heavy (non-hydrogen) atoms. The van der Waals surface area contributed by atoms with E-state index in [0.717, 1.165) is 61.2 Å². The highest BCUT2D eigenvalue weighted by Gasteiger charge is 2.29. The molecule has 5 rings (SSSR count). The Morgan fingerprint density at radius 3 is 2.06 bits per heavy atom. The van der Waals surface area contributed by atoms with E-state index < -0.39 is 0 Å². The number of likely N-dealkylation sites (tertiary alicyclic amines) is 1. The van der Waals surface area contributed by atoms with Crippen LogP contribution in [-0.4, -0.2) is 47.7 Å². The van der Waals surface area contributed by atoms with Crippen LogP contribution in [0, 0.1) is 19.8 Å². The molecule has 6 nitrogen and oxygen atoms in total. The lowest BCUT2D eigenvalue weighted by Crippen LogP contribution is -2.39. The van der Waals surface area contributed by atoms with E-state index in [1.165, 1.54) is 11.1 Å². The summed E-state index contributed by atoms with van der Waals surface area (Å²) in [5.41, 5.74) is 8.03. The predicted molar refractivity (Wildman–Crippen MR) is 123 cm³/mol. The smallest absolute Gasteiger partial charge is 0.338 e. The summed E-state index contributed by atoms with van der Waals surface area (Å²) in [6.07, 6.45) is 3.16. The Kier molecular flexibility index (Phi) is 5.97. The fourth-order valence-electron chi connectivity index (χ4n) is 5.52. The van der Waals surface area contributed by atoms with Gasteiger partial charge in [-0.1, -0.05) is 12.1 Å². The minimum Gasteiger partial charge on any atom is -0.457 e. The summed E-state index contributed by atoms with van der Waals surface area (Å²) >= 11 is 0. The van der Waals surface area contributed by atoms with E-state index in [0.29, 0.717) is 30.8 Å². The molecule has 1 fully saturated rings. The zero-order valence-corrected chi connectivity index (χ0v) is 19.4. The fraction of sp³-hybridized carbons (Fsp3) is 0.481. The first-order chi connectivity index (χ1) is 15.9. The van der Waals surface area contributed by atoms with Crippen molar-refractivity contribution >= 4 is 11.9 Å². The lowest BCUT2D eigenvalue weighted by Gasteiger charge is -2.34. The van der Waals surface area contributed by atoms with E-state index in [1.54, 1.807) is 0 Å². The van der Waals surface area contributed by atoms with Gasteiger partial charge in [0, 0.05) is 17.7 Å². The fourth-order valence-corrected chi connectivity index (χ4v) is 5.52. The highest BCUT2D eigenvalue weighted by molar-refractivity contribution is 5.94. The Balaban J connectivity index is 1.14. The van der Waals surface area contributed by atoms with Crippen molar-refractivity contribution < 1.29 is 24.2 Å². The number of carbonyl (C=O) groups is 2. The van der Waals surface area contributed by atoms with Crippen LogP contribution in [0.3, 0.4) is 0 Å². The number of hydrogen-bond acceptors (Lipinski definition) is 6. The molecular formula is C27H31NO5. The molecule has 3 heterocycles. The van der Waals surface area contributed by atoms with Gasteiger partial charge in [0.15, 0.2) is 0 Å². The summed E-state index contributed by atoms with van der Waals surface area (Å²) in [6.45, 7) is 7.79. The lowest BCUT2D eigenvalue weighted by molar-refractivity contribution is 0.0525. The molecule has 1 saturated heterocycles. The van der Waals surface area contributed by atoms with E-state index in [2.05, 4.69) is 17.9 Å². The number of cyclic esters (lactones) is 2. The molecule has 2 aromatic rings. The first-order valence-corrected chi connectivity index (χ1v) is 11.9. The summed E-state index contributed by atoms with van der Waals surface area (Å²) in [5.74, 6) is -0.168. The second kappa shape index (κ2) is 8.92. The SMILES string of the molecule is Cc1c(CCN2CCC(C(O)Cc3ccc4c(c3C)COC4=O)CC2)ccc2c1COC2=O. The molecule has 1 unspecified atom stereocenters. The predicted octanol–water partition coefficient (Wildman–Crippen LogP) is 3.50. The van der Waals surface area contributed by atoms with Gasteiger partial charge >= 0.3 is 11.9 Å². The Morgan fingerprint density at radius 1 is 0.909 bits per heavy atom. The maximum atomic E-state index is 11.8. The minimum atomic E-state index is -0.376. The summed E-state index contributed by atoms with van der Waals surface area (Å²) in [4.78, 5) is 26.0. The van der Waals surface area contributed by atoms with Gasteiger partial charge in [-0.05, 0) is 92.9 Å². The molecule has 6 heteroatoms. The average Bonchev–Trinajstić information content (AvgIpc) is 3.39. The van der Waals surface area contributed by atoms with Crippen molar-refractivity contribution in [2.75, 3.05) is 19.6 Å². The van der Waals surface area contributed by atoms with Crippen molar-refractivity contribution in [3.63, 3.8) is 0 Å². The Bertz CT molecular complexity index is 1100. The molecule has 2 aromatic carbocycles. The number of aliphatic hydroxyl groups excluding tert-OH is 1. The Hall–Kier alpha value is -2.70. The van der Waals surface area contributed by atoms with E-state index in [4.69, 9.17) is 9.47 Å². The normalized spacial score (nSPS) is 19.2. The molecule has 0 aliphatic carbocycles. The van der Waals surface area contributed by atoms with Crippen molar-refractivity contribution in [2.24, 2.45) is 5.92 Å². The van der Waals surface area contributed by atoms with E-state index in [-0.39, 0.29) is 24.0 Å². The number of fused-ring (bicyclic) bond motifs is 2. The molecule has 3 aliphatic heterocycles. The molecule has 174 valence electrons. The van der Waals surface area contributed by atoms with Crippen molar-refractivity contribution in [3.05, 3.63) is 68.8 Å². The van der Waals surface area contributed by atoms with Crippen LogP contribution in [0.1, 0.15) is 66.9 Å². The topological polar surface area (TPSA) is 76.1 Å². The second-order valence-corrected chi connectivity index (χ2v) is 9.60. The summed E-state index contributed by atoms with van der Waals surface area (Å²) < 4.78 is 10.3. The molecule has 0 aromatic heterocycles. The van der Waals surface area contributed by atoms with Crippen molar-refractivity contribution in [2.45, 2.75) is 58.8 Å². The second-order valence-electron chi connectivity index (χ2n) is 9.60. The molecule has 0 saturated carbocycles. The van der Waals surface area contributed by atoms with Crippen LogP contribution in [0.2, 0.25) is 0 Å². The van der Waals surface area contributed by atoms with Gasteiger partial charge in [-0.25, -0.2) is 9.59 Å². The number of nitrogens with zero attached hydrogens (tertiary/aromatic N) is 1. The highest BCUT2D eigenvalue weighted by atomic mass is 16.5. The van der Waals surface area contributed by atoms with E-state index in [9.17, 15) is 14.7 Å². The van der Waals surface area contributed by atoms with E-state index >= 15 is 0 Å². The summed E-state index contributed by atoms with van der Waals surface area (Å²) in [5, 5.41) is 10.9. The zero-order chi connectivity index (χ0) is 23.1. The monoisotopic (exact) mass is 449 g/mol. The molecule has 0 radical (unpaired) electrons. The third-order valence-corrected chi connectivity index (χ3v) is 7.86. The van der Waals surface area contributed by atoms with Crippen LogP contribution in [0.25, 0.3) is 0 Å². The average molecular weight is 450 g/mol. The molecular weight excluding hydrogens is 418 g/mol. The molecule has 1 atom stereocenters. The first-order valence-electron chi connectivity index (χ1n) is 11.9. The van der Waals surface area contributed by atoms with Gasteiger partial charge in [0.05, 0.1) is 17.2 Å². The van der Waals surface area contributed by atoms with Gasteiger partial charge in [-0.3, -0.25) is 0 Å². The largest absolute Gasteiger partial charge is 0.457 e. The van der Waals surface area contributed by atoms with Gasteiger partial charge in [0.1, 0.15) is 13.2 Å². The maximum Gasteiger partial charge on any atom is 0.338 e. The summed E-state index contributed by atoms with van der Waals surface area (Å²) in [6, 6.07) is 7.77. The van der Waals surface area contributed by atoms with Crippen molar-refractivity contribution in [3.8, 4) is 0 Å². The number of piperidine rings is 1. The van der Waals surface area contributed by atoms with Gasteiger partial charge in [-0.15, -0.1) is 0 Å². The number of aliphatic hydroxyl groups is 1. The van der Waals surface area contributed by atoms with Crippen LogP contribution >= 0.6 is 0 Å². The molecule has 3 aliphatic rings. The number of carbonyl (C=O) groups excluding carboxylic acids is 2. The molecule has 0 spiro atoms. The van der Waals surface area contributed by atoms with Gasteiger partial charge in [-0.2, -0.15) is 0 Å². The van der Waals surface area contributed by atoms with E-state index in [1.807, 2.05) is 25.1 Å². The number of esters is 2. The first kappa shape index (κ1) is 22.1. The lowest BCUT2D eigenvalue weighted by atomic mass is 9.86. The molecule has 1 N–H and O–H groups in total. The van der Waals surface area contributed by atoms with Crippen LogP contribution in [-0.2, 0) is 35.5 Å². The number of rotatable bonds is 6. The van der Waals surface area contributed by atoms with Crippen molar-refractivity contribution in [1.82, 2.24) is 4.90 Å². The van der Waals surface area contributed by atoms with Crippen molar-refractivity contribution in [1.29, 1.82) is 0 Å². The summed E-state index contributed by atoms with van der Waals surface area (Å²) in [7, 11) is 0. The van der Waals surface area contributed by atoms with Crippen LogP contribution < -0.4 is 0 Å². The maximum absolute atomic E-state index is 11.8. The standard InChI is InChI=1S/C27H31NO5/c1-16-18(3-5-21-23(16)14-32-26(21)30)7-10-28-11-8-19(9-12-28)25(29)13-20-4-6-22-24(17(20)2)15-33-27(22)31/h3-6,19,25,29H,7-15H2,1-2H3. The zero-order valence-electron chi connectivity index (χ0n) is 19.4. The third kappa shape index (κ3) is 4.18. The Labute approximate surface area is 194 Å². The van der Waals surface area contributed by atoms with Gasteiger partial charge in [0.2, 0.25) is 0 Å². The number of benzene rings is 2. The third-order valence-electron chi connectivity index (χ3n) is 7.86.